The molecule has 190 valence electrons. The maximum absolute atomic E-state index is 12.8. The molecule has 0 aliphatic carbocycles. The number of amides is 5. The van der Waals surface area contributed by atoms with Gasteiger partial charge in [-0.3, -0.25) is 9.59 Å². The highest BCUT2D eigenvalue weighted by molar-refractivity contribution is 5.97. The lowest BCUT2D eigenvalue weighted by Crippen LogP contribution is -2.51. The highest BCUT2D eigenvalue weighted by Gasteiger charge is 2.25. The van der Waals surface area contributed by atoms with Crippen LogP contribution in [-0.4, -0.2) is 48.2 Å². The minimum absolute atomic E-state index is 0.0953. The van der Waals surface area contributed by atoms with Crippen molar-refractivity contribution < 1.29 is 23.9 Å². The van der Waals surface area contributed by atoms with Crippen molar-refractivity contribution in [3.05, 3.63) is 29.8 Å². The fourth-order valence-electron chi connectivity index (χ4n) is 2.78. The summed E-state index contributed by atoms with van der Waals surface area (Å²) in [6.45, 7) is 9.51. The van der Waals surface area contributed by atoms with Crippen molar-refractivity contribution in [2.75, 3.05) is 11.9 Å². The van der Waals surface area contributed by atoms with Crippen LogP contribution in [0.2, 0.25) is 0 Å². The fourth-order valence-corrected chi connectivity index (χ4v) is 2.78. The molecule has 0 spiro atoms. The second kappa shape index (κ2) is 13.4. The molecule has 11 heteroatoms. The number of rotatable bonds is 11. The Bertz CT molecular complexity index is 835. The molecule has 0 aliphatic heterocycles. The Morgan fingerprint density at radius 1 is 1.00 bits per heavy atom. The van der Waals surface area contributed by atoms with Crippen molar-refractivity contribution in [1.29, 1.82) is 0 Å². The van der Waals surface area contributed by atoms with Gasteiger partial charge >= 0.3 is 12.1 Å². The monoisotopic (exact) mass is 478 g/mol. The lowest BCUT2D eigenvalue weighted by atomic mass is 10.0. The van der Waals surface area contributed by atoms with E-state index >= 15 is 0 Å². The van der Waals surface area contributed by atoms with E-state index in [1.165, 1.54) is 0 Å². The van der Waals surface area contributed by atoms with Gasteiger partial charge in [0.2, 0.25) is 11.8 Å². The number of ether oxygens (including phenoxy) is 1. The Balaban J connectivity index is 2.73. The molecule has 34 heavy (non-hydrogen) atoms. The number of alkyl carbamates (subject to hydrolysis) is 1. The van der Waals surface area contributed by atoms with Crippen molar-refractivity contribution in [3.63, 3.8) is 0 Å². The summed E-state index contributed by atoms with van der Waals surface area (Å²) in [5.74, 6) is -0.938. The summed E-state index contributed by atoms with van der Waals surface area (Å²) in [6, 6.07) is 4.64. The zero-order valence-electron chi connectivity index (χ0n) is 20.6. The molecule has 1 unspecified atom stereocenters. The highest BCUT2D eigenvalue weighted by Crippen LogP contribution is 2.12. The van der Waals surface area contributed by atoms with Crippen LogP contribution in [0.1, 0.15) is 53.0 Å². The molecule has 0 bridgehead atoms. The van der Waals surface area contributed by atoms with Gasteiger partial charge in [-0.25, -0.2) is 9.59 Å². The minimum atomic E-state index is -0.847. The molecule has 0 saturated heterocycles. The van der Waals surface area contributed by atoms with Crippen molar-refractivity contribution in [2.45, 2.75) is 71.7 Å². The molecule has 0 radical (unpaired) electrons. The van der Waals surface area contributed by atoms with E-state index < -0.39 is 41.6 Å². The average molecular weight is 479 g/mol. The molecule has 1 aromatic carbocycles. The number of carbonyl (C=O) groups is 4. The van der Waals surface area contributed by atoms with Crippen LogP contribution in [0.3, 0.4) is 0 Å². The summed E-state index contributed by atoms with van der Waals surface area (Å²) < 4.78 is 5.20. The lowest BCUT2D eigenvalue weighted by Gasteiger charge is -2.22. The van der Waals surface area contributed by atoms with Crippen molar-refractivity contribution in [3.8, 4) is 0 Å². The Morgan fingerprint density at radius 2 is 1.62 bits per heavy atom. The number of nitrogens with two attached hydrogens (primary N) is 2. The van der Waals surface area contributed by atoms with E-state index in [1.54, 1.807) is 45.0 Å². The normalized spacial score (nSPS) is 12.9. The van der Waals surface area contributed by atoms with Gasteiger partial charge in [0.05, 0.1) is 6.04 Å². The molecule has 0 aliphatic rings. The van der Waals surface area contributed by atoms with E-state index in [0.29, 0.717) is 12.1 Å². The van der Waals surface area contributed by atoms with Gasteiger partial charge in [0.15, 0.2) is 0 Å². The maximum Gasteiger partial charge on any atom is 0.407 e. The predicted molar refractivity (Wildman–Crippen MR) is 130 cm³/mol. The molecule has 0 fully saturated rings. The van der Waals surface area contributed by atoms with E-state index in [-0.39, 0.29) is 25.4 Å². The smallest absolute Gasteiger partial charge is 0.407 e. The number of primary amides is 1. The first-order chi connectivity index (χ1) is 15.8. The molecular formula is C23H38N6O5. The standard InChI is InChI=1S/C23H38N6O5/c1-14(2)18(24)20(31)29-17(7-6-12-26-21(25)32)19(30)28-16-10-8-15(9-11-16)13-27-22(33)34-23(3,4)5/h8-11,14,17-18H,6-7,12-13,24H2,1-5H3,(H,27,33)(H,28,30)(H,29,31)(H3,25,26,32)/t17-,18?/m0/s1. The van der Waals surface area contributed by atoms with Crippen LogP contribution >= 0.6 is 0 Å². The van der Waals surface area contributed by atoms with Gasteiger partial charge in [0.25, 0.3) is 0 Å². The molecule has 11 nitrogen and oxygen atoms in total. The summed E-state index contributed by atoms with van der Waals surface area (Å²) in [6.07, 6.45) is 0.183. The van der Waals surface area contributed by atoms with Gasteiger partial charge in [-0.05, 0) is 57.2 Å². The highest BCUT2D eigenvalue weighted by atomic mass is 16.6. The molecule has 0 aromatic heterocycles. The van der Waals surface area contributed by atoms with Crippen LogP contribution in [0.5, 0.6) is 0 Å². The van der Waals surface area contributed by atoms with Crippen LogP contribution < -0.4 is 32.7 Å². The third-order valence-corrected chi connectivity index (χ3v) is 4.68. The number of hydrogen-bond donors (Lipinski definition) is 6. The first-order valence-corrected chi connectivity index (χ1v) is 11.2. The summed E-state index contributed by atoms with van der Waals surface area (Å²) in [5.41, 5.74) is 11.7. The summed E-state index contributed by atoms with van der Waals surface area (Å²) >= 11 is 0. The Labute approximate surface area is 200 Å². The van der Waals surface area contributed by atoms with E-state index in [4.69, 9.17) is 16.2 Å². The zero-order chi connectivity index (χ0) is 25.9. The Kier molecular flexibility index (Phi) is 11.3. The molecule has 0 heterocycles. The SMILES string of the molecule is CC(C)C(N)C(=O)N[C@@H](CCCNC(N)=O)C(=O)Nc1ccc(CNC(=O)OC(C)(C)C)cc1. The number of anilines is 1. The molecule has 0 saturated carbocycles. The Hall–Kier alpha value is -3.34. The molecular weight excluding hydrogens is 440 g/mol. The second-order valence-corrected chi connectivity index (χ2v) is 9.31. The fraction of sp³-hybridized carbons (Fsp3) is 0.565. The third kappa shape index (κ3) is 11.5. The first-order valence-electron chi connectivity index (χ1n) is 11.2. The molecule has 8 N–H and O–H groups in total. The zero-order valence-corrected chi connectivity index (χ0v) is 20.6. The topological polar surface area (TPSA) is 178 Å². The largest absolute Gasteiger partial charge is 0.444 e. The third-order valence-electron chi connectivity index (χ3n) is 4.68. The van der Waals surface area contributed by atoms with Crippen molar-refractivity contribution in [2.24, 2.45) is 17.4 Å². The average Bonchev–Trinajstić information content (AvgIpc) is 2.73. The van der Waals surface area contributed by atoms with E-state index in [2.05, 4.69) is 21.3 Å². The molecule has 1 aromatic rings. The maximum atomic E-state index is 12.8. The second-order valence-electron chi connectivity index (χ2n) is 9.31. The first kappa shape index (κ1) is 28.7. The number of carbonyl (C=O) groups excluding carboxylic acids is 4. The number of hydrogen-bond acceptors (Lipinski definition) is 6. The van der Waals surface area contributed by atoms with Gasteiger partial charge in [-0.2, -0.15) is 0 Å². The summed E-state index contributed by atoms with van der Waals surface area (Å²) in [5, 5.41) is 10.6. The minimum Gasteiger partial charge on any atom is -0.444 e. The number of benzene rings is 1. The van der Waals surface area contributed by atoms with Crippen LogP contribution in [0.4, 0.5) is 15.3 Å². The number of urea groups is 1. The van der Waals surface area contributed by atoms with Gasteiger partial charge < -0.3 is 37.5 Å². The molecule has 2 atom stereocenters. The summed E-state index contributed by atoms with van der Waals surface area (Å²) in [7, 11) is 0. The van der Waals surface area contributed by atoms with Gasteiger partial charge in [-0.1, -0.05) is 26.0 Å². The van der Waals surface area contributed by atoms with Gasteiger partial charge in [0, 0.05) is 18.8 Å². The van der Waals surface area contributed by atoms with E-state index in [0.717, 1.165) is 5.56 Å². The quantitative estimate of drug-likeness (QED) is 0.263. The molecule has 5 amide bonds. The van der Waals surface area contributed by atoms with Gasteiger partial charge in [0.1, 0.15) is 11.6 Å². The summed E-state index contributed by atoms with van der Waals surface area (Å²) in [4.78, 5) is 47.9. The predicted octanol–water partition coefficient (Wildman–Crippen LogP) is 1.57. The van der Waals surface area contributed by atoms with Crippen LogP contribution in [0.25, 0.3) is 0 Å². The van der Waals surface area contributed by atoms with E-state index in [1.807, 2.05) is 13.8 Å². The van der Waals surface area contributed by atoms with Gasteiger partial charge in [-0.15, -0.1) is 0 Å². The number of nitrogens with one attached hydrogen (secondary N) is 4. The van der Waals surface area contributed by atoms with Crippen molar-refractivity contribution >= 4 is 29.6 Å². The van der Waals surface area contributed by atoms with Crippen LogP contribution in [0, 0.1) is 5.92 Å². The van der Waals surface area contributed by atoms with Crippen LogP contribution in [0.15, 0.2) is 24.3 Å². The molecule has 1 rings (SSSR count). The van der Waals surface area contributed by atoms with Crippen molar-refractivity contribution in [1.82, 2.24) is 16.0 Å². The van der Waals surface area contributed by atoms with E-state index in [9.17, 15) is 19.2 Å². The lowest BCUT2D eigenvalue weighted by molar-refractivity contribution is -0.128. The van der Waals surface area contributed by atoms with Crippen LogP contribution in [-0.2, 0) is 20.9 Å². The Morgan fingerprint density at radius 3 is 2.15 bits per heavy atom.